The van der Waals surface area contributed by atoms with Crippen molar-refractivity contribution in [2.45, 2.75) is 26.3 Å². The van der Waals surface area contributed by atoms with Gasteiger partial charge in [-0.2, -0.15) is 0 Å². The second kappa shape index (κ2) is 9.20. The molecule has 0 unspecified atom stereocenters. The Morgan fingerprint density at radius 3 is 2.40 bits per heavy atom. The van der Waals surface area contributed by atoms with E-state index in [4.69, 9.17) is 9.47 Å². The molecule has 0 aliphatic carbocycles. The predicted molar refractivity (Wildman–Crippen MR) is 79.3 cm³/mol. The molecule has 0 aliphatic rings. The molecule has 0 radical (unpaired) electrons. The quantitative estimate of drug-likeness (QED) is 0.674. The molecule has 0 saturated carbocycles. The van der Waals surface area contributed by atoms with Gasteiger partial charge in [0, 0.05) is 25.6 Å². The van der Waals surface area contributed by atoms with Gasteiger partial charge in [0.1, 0.15) is 18.1 Å². The number of hydrogen-bond donors (Lipinski definition) is 2. The van der Waals surface area contributed by atoms with Crippen molar-refractivity contribution in [1.29, 1.82) is 0 Å². The predicted octanol–water partition coefficient (Wildman–Crippen LogP) is 1.58. The van der Waals surface area contributed by atoms with Crippen LogP contribution in [0, 0.1) is 0 Å². The molecule has 5 nitrogen and oxygen atoms in total. The molecule has 0 spiro atoms. The minimum atomic E-state index is 0.0728. The highest BCUT2D eigenvalue weighted by Crippen LogP contribution is 2.16. The van der Waals surface area contributed by atoms with Gasteiger partial charge in [-0.05, 0) is 38.1 Å². The fraction of sp³-hybridized carbons (Fsp3) is 0.533. The molecule has 0 saturated heterocycles. The summed E-state index contributed by atoms with van der Waals surface area (Å²) in [5.41, 5.74) is 0. The van der Waals surface area contributed by atoms with E-state index in [1.54, 1.807) is 7.11 Å². The van der Waals surface area contributed by atoms with Crippen LogP contribution in [-0.2, 0) is 4.79 Å². The van der Waals surface area contributed by atoms with Gasteiger partial charge >= 0.3 is 0 Å². The Labute approximate surface area is 120 Å². The first-order valence-corrected chi connectivity index (χ1v) is 6.88. The van der Waals surface area contributed by atoms with Crippen molar-refractivity contribution in [3.63, 3.8) is 0 Å². The average molecular weight is 280 g/mol. The lowest BCUT2D eigenvalue weighted by Gasteiger charge is -2.10. The first-order chi connectivity index (χ1) is 9.61. The van der Waals surface area contributed by atoms with Crippen molar-refractivity contribution in [2.75, 3.05) is 26.8 Å². The summed E-state index contributed by atoms with van der Waals surface area (Å²) in [5.74, 6) is 1.69. The van der Waals surface area contributed by atoms with Crippen molar-refractivity contribution in [3.05, 3.63) is 24.3 Å². The van der Waals surface area contributed by atoms with Crippen LogP contribution in [0.3, 0.4) is 0 Å². The van der Waals surface area contributed by atoms with Gasteiger partial charge in [-0.3, -0.25) is 4.79 Å². The Hall–Kier alpha value is -1.75. The van der Waals surface area contributed by atoms with Crippen molar-refractivity contribution in [1.82, 2.24) is 10.6 Å². The van der Waals surface area contributed by atoms with Crippen molar-refractivity contribution in [3.8, 4) is 11.5 Å². The molecule has 0 atom stereocenters. The maximum absolute atomic E-state index is 11.4. The lowest BCUT2D eigenvalue weighted by molar-refractivity contribution is -0.121. The van der Waals surface area contributed by atoms with E-state index in [9.17, 15) is 4.79 Å². The molecule has 0 fully saturated rings. The Balaban J connectivity index is 2.05. The van der Waals surface area contributed by atoms with Crippen LogP contribution in [0.15, 0.2) is 24.3 Å². The highest BCUT2D eigenvalue weighted by Gasteiger charge is 2.02. The van der Waals surface area contributed by atoms with E-state index in [0.29, 0.717) is 26.1 Å². The second-order valence-corrected chi connectivity index (χ2v) is 4.75. The monoisotopic (exact) mass is 280 g/mol. The minimum absolute atomic E-state index is 0.0728. The molecule has 1 amide bonds. The molecule has 5 heteroatoms. The average Bonchev–Trinajstić information content (AvgIpc) is 2.42. The lowest BCUT2D eigenvalue weighted by Crippen LogP contribution is -2.33. The highest BCUT2D eigenvalue weighted by atomic mass is 16.5. The normalized spacial score (nSPS) is 10.4. The van der Waals surface area contributed by atoms with Crippen molar-refractivity contribution in [2.24, 2.45) is 0 Å². The summed E-state index contributed by atoms with van der Waals surface area (Å²) in [4.78, 5) is 11.4. The van der Waals surface area contributed by atoms with E-state index in [0.717, 1.165) is 11.5 Å². The Morgan fingerprint density at radius 2 is 1.80 bits per heavy atom. The van der Waals surface area contributed by atoms with Crippen LogP contribution in [0.4, 0.5) is 0 Å². The fourth-order valence-corrected chi connectivity index (χ4v) is 1.63. The van der Waals surface area contributed by atoms with Crippen LogP contribution in [0.25, 0.3) is 0 Å². The molecular formula is C15H24N2O3. The summed E-state index contributed by atoms with van der Waals surface area (Å²) in [6.45, 7) is 5.84. The van der Waals surface area contributed by atoms with Gasteiger partial charge in [-0.25, -0.2) is 0 Å². The van der Waals surface area contributed by atoms with E-state index < -0.39 is 0 Å². The maximum atomic E-state index is 11.4. The summed E-state index contributed by atoms with van der Waals surface area (Å²) in [5, 5.41) is 6.02. The van der Waals surface area contributed by atoms with Gasteiger partial charge in [-0.1, -0.05) is 0 Å². The molecule has 0 aromatic heterocycles. The zero-order chi connectivity index (χ0) is 14.8. The van der Waals surface area contributed by atoms with E-state index in [1.807, 2.05) is 38.1 Å². The van der Waals surface area contributed by atoms with Gasteiger partial charge < -0.3 is 20.1 Å². The number of carbonyl (C=O) groups excluding carboxylic acids is 1. The van der Waals surface area contributed by atoms with Gasteiger partial charge in [0.05, 0.1) is 7.11 Å². The van der Waals surface area contributed by atoms with Crippen LogP contribution in [0.2, 0.25) is 0 Å². The summed E-state index contributed by atoms with van der Waals surface area (Å²) in [6.07, 6.45) is 0.487. The first-order valence-electron chi connectivity index (χ1n) is 6.88. The Morgan fingerprint density at radius 1 is 1.15 bits per heavy atom. The van der Waals surface area contributed by atoms with E-state index >= 15 is 0 Å². The van der Waals surface area contributed by atoms with Gasteiger partial charge in [0.25, 0.3) is 0 Å². The number of carbonyl (C=O) groups is 1. The first kappa shape index (κ1) is 16.3. The van der Waals surface area contributed by atoms with Crippen molar-refractivity contribution < 1.29 is 14.3 Å². The summed E-state index contributed by atoms with van der Waals surface area (Å²) in [7, 11) is 1.63. The summed E-state index contributed by atoms with van der Waals surface area (Å²) >= 11 is 0. The Bertz CT molecular complexity index is 391. The third-order valence-corrected chi connectivity index (χ3v) is 2.59. The smallest absolute Gasteiger partial charge is 0.221 e. The number of methoxy groups -OCH3 is 1. The van der Waals surface area contributed by atoms with Gasteiger partial charge in [0.2, 0.25) is 5.91 Å². The summed E-state index contributed by atoms with van der Waals surface area (Å²) < 4.78 is 10.6. The molecule has 0 heterocycles. The lowest BCUT2D eigenvalue weighted by atomic mass is 10.3. The molecule has 1 rings (SSSR count). The van der Waals surface area contributed by atoms with E-state index in [2.05, 4.69) is 10.6 Å². The number of ether oxygens (including phenoxy) is 2. The zero-order valence-corrected chi connectivity index (χ0v) is 12.4. The second-order valence-electron chi connectivity index (χ2n) is 4.75. The SMILES string of the molecule is COc1ccc(OCCNCCC(=O)NC(C)C)cc1. The van der Waals surface area contributed by atoms with Crippen LogP contribution in [0.5, 0.6) is 11.5 Å². The third kappa shape index (κ3) is 6.99. The molecule has 2 N–H and O–H groups in total. The fourth-order valence-electron chi connectivity index (χ4n) is 1.63. The zero-order valence-electron chi connectivity index (χ0n) is 12.4. The van der Waals surface area contributed by atoms with E-state index in [-0.39, 0.29) is 11.9 Å². The molecule has 0 bridgehead atoms. The topological polar surface area (TPSA) is 59.6 Å². The molecule has 0 aliphatic heterocycles. The largest absolute Gasteiger partial charge is 0.497 e. The van der Waals surface area contributed by atoms with E-state index in [1.165, 1.54) is 0 Å². The maximum Gasteiger partial charge on any atom is 0.221 e. The summed E-state index contributed by atoms with van der Waals surface area (Å²) in [6, 6.07) is 7.66. The molecule has 20 heavy (non-hydrogen) atoms. The Kier molecular flexibility index (Phi) is 7.50. The number of benzene rings is 1. The van der Waals surface area contributed by atoms with Crippen LogP contribution < -0.4 is 20.1 Å². The standard InChI is InChI=1S/C15H24N2O3/c1-12(2)17-15(18)8-9-16-10-11-20-14-6-4-13(19-3)5-7-14/h4-7,12,16H,8-11H2,1-3H3,(H,17,18). The minimum Gasteiger partial charge on any atom is -0.497 e. The molecule has 1 aromatic rings. The third-order valence-electron chi connectivity index (χ3n) is 2.59. The van der Waals surface area contributed by atoms with Crippen LogP contribution in [-0.4, -0.2) is 38.8 Å². The molecular weight excluding hydrogens is 256 g/mol. The number of rotatable bonds is 9. The number of hydrogen-bond acceptors (Lipinski definition) is 4. The van der Waals surface area contributed by atoms with Gasteiger partial charge in [-0.15, -0.1) is 0 Å². The van der Waals surface area contributed by atoms with Crippen molar-refractivity contribution >= 4 is 5.91 Å². The molecule has 1 aromatic carbocycles. The van der Waals surface area contributed by atoms with Crippen LogP contribution in [0.1, 0.15) is 20.3 Å². The number of amides is 1. The number of nitrogens with one attached hydrogen (secondary N) is 2. The van der Waals surface area contributed by atoms with Gasteiger partial charge in [0.15, 0.2) is 0 Å². The van der Waals surface area contributed by atoms with Crippen LogP contribution >= 0.6 is 0 Å². The molecule has 112 valence electrons. The highest BCUT2D eigenvalue weighted by molar-refractivity contribution is 5.76.